The molecule has 2 N–H and O–H groups in total. The molecule has 0 unspecified atom stereocenters. The zero-order valence-corrected chi connectivity index (χ0v) is 15.8. The first-order chi connectivity index (χ1) is 13.5. The third-order valence-electron chi connectivity index (χ3n) is 3.90. The highest BCUT2D eigenvalue weighted by Crippen LogP contribution is 2.24. The van der Waals surface area contributed by atoms with E-state index in [4.69, 9.17) is 0 Å². The van der Waals surface area contributed by atoms with E-state index in [2.05, 4.69) is 30.3 Å². The van der Waals surface area contributed by atoms with E-state index in [1.807, 2.05) is 23.6 Å². The van der Waals surface area contributed by atoms with Crippen LogP contribution in [0.15, 0.2) is 58.9 Å². The van der Waals surface area contributed by atoms with Crippen LogP contribution in [0.3, 0.4) is 0 Å². The lowest BCUT2D eigenvalue weighted by molar-refractivity contribution is 0.580. The molecule has 0 amide bonds. The number of nitrogens with one attached hydrogen (secondary N) is 2. The summed E-state index contributed by atoms with van der Waals surface area (Å²) in [5, 5.41) is 14.9. The number of sulfonamides is 1. The average molecular weight is 416 g/mol. The molecule has 28 heavy (non-hydrogen) atoms. The van der Waals surface area contributed by atoms with Crippen molar-refractivity contribution in [2.45, 2.75) is 11.4 Å². The maximum Gasteiger partial charge on any atom is 0.240 e. The second kappa shape index (κ2) is 7.54. The SMILES string of the molecule is O=S(=O)(NCc1ccnc(-c2cccs2)c1)c1ccc(F)c(-c2nn[nH]n2)c1. The number of hydrogen-bond acceptors (Lipinski definition) is 7. The number of pyridine rings is 1. The number of aromatic amines is 1. The van der Waals surface area contributed by atoms with Crippen molar-refractivity contribution in [1.29, 1.82) is 0 Å². The Kier molecular flexibility index (Phi) is 4.94. The van der Waals surface area contributed by atoms with Gasteiger partial charge in [-0.2, -0.15) is 5.21 Å². The lowest BCUT2D eigenvalue weighted by Gasteiger charge is -2.09. The largest absolute Gasteiger partial charge is 0.255 e. The number of halogens is 1. The van der Waals surface area contributed by atoms with Crippen LogP contribution in [0.4, 0.5) is 4.39 Å². The van der Waals surface area contributed by atoms with Crippen LogP contribution in [0.2, 0.25) is 0 Å². The van der Waals surface area contributed by atoms with Crippen molar-refractivity contribution in [3.05, 3.63) is 65.4 Å². The van der Waals surface area contributed by atoms with Gasteiger partial charge in [0, 0.05) is 12.7 Å². The second-order valence-electron chi connectivity index (χ2n) is 5.73. The highest BCUT2D eigenvalue weighted by molar-refractivity contribution is 7.89. The predicted octanol–water partition coefficient (Wildman–Crippen LogP) is 2.61. The summed E-state index contributed by atoms with van der Waals surface area (Å²) in [6.07, 6.45) is 1.63. The maximum atomic E-state index is 14.0. The van der Waals surface area contributed by atoms with Crippen molar-refractivity contribution < 1.29 is 12.8 Å². The molecule has 0 aliphatic rings. The smallest absolute Gasteiger partial charge is 0.240 e. The molecule has 0 spiro atoms. The molecule has 142 valence electrons. The Hall–Kier alpha value is -3.02. The van der Waals surface area contributed by atoms with E-state index in [1.165, 1.54) is 12.1 Å². The van der Waals surface area contributed by atoms with E-state index >= 15 is 0 Å². The molecule has 3 heterocycles. The van der Waals surface area contributed by atoms with Gasteiger partial charge < -0.3 is 0 Å². The Bertz CT molecular complexity index is 1190. The normalized spacial score (nSPS) is 11.6. The van der Waals surface area contributed by atoms with Crippen molar-refractivity contribution in [3.63, 3.8) is 0 Å². The Balaban J connectivity index is 1.56. The monoisotopic (exact) mass is 416 g/mol. The summed E-state index contributed by atoms with van der Waals surface area (Å²) in [5.41, 5.74) is 1.47. The van der Waals surface area contributed by atoms with Crippen molar-refractivity contribution in [2.24, 2.45) is 0 Å². The van der Waals surface area contributed by atoms with Gasteiger partial charge in [-0.1, -0.05) is 6.07 Å². The molecule has 3 aromatic heterocycles. The minimum absolute atomic E-state index is 0.0238. The van der Waals surface area contributed by atoms with E-state index in [0.717, 1.165) is 22.2 Å². The van der Waals surface area contributed by atoms with E-state index in [9.17, 15) is 12.8 Å². The molecular formula is C17H13FN6O2S2. The van der Waals surface area contributed by atoms with Crippen LogP contribution in [0.1, 0.15) is 5.56 Å². The van der Waals surface area contributed by atoms with Gasteiger partial charge in [0.05, 0.1) is 21.0 Å². The van der Waals surface area contributed by atoms with Crippen LogP contribution in [0, 0.1) is 5.82 Å². The highest BCUT2D eigenvalue weighted by Gasteiger charge is 2.18. The summed E-state index contributed by atoms with van der Waals surface area (Å²) >= 11 is 1.55. The molecule has 0 bridgehead atoms. The Morgan fingerprint density at radius 2 is 2.07 bits per heavy atom. The third-order valence-corrected chi connectivity index (χ3v) is 6.19. The number of thiophene rings is 1. The van der Waals surface area contributed by atoms with Gasteiger partial charge >= 0.3 is 0 Å². The average Bonchev–Trinajstić information content (AvgIpc) is 3.41. The molecule has 0 aliphatic heterocycles. The lowest BCUT2D eigenvalue weighted by atomic mass is 10.2. The molecule has 0 radical (unpaired) electrons. The van der Waals surface area contributed by atoms with Crippen molar-refractivity contribution >= 4 is 21.4 Å². The molecule has 0 atom stereocenters. The Morgan fingerprint density at radius 1 is 1.18 bits per heavy atom. The summed E-state index contributed by atoms with van der Waals surface area (Å²) in [6.45, 7) is 0.0676. The number of rotatable bonds is 6. The Morgan fingerprint density at radius 3 is 2.82 bits per heavy atom. The van der Waals surface area contributed by atoms with Crippen LogP contribution in [0.5, 0.6) is 0 Å². The number of H-pyrrole nitrogens is 1. The van der Waals surface area contributed by atoms with Gasteiger partial charge in [0.1, 0.15) is 5.82 Å². The fourth-order valence-corrected chi connectivity index (χ4v) is 4.26. The van der Waals surface area contributed by atoms with E-state index in [1.54, 1.807) is 23.6 Å². The van der Waals surface area contributed by atoms with Crippen LogP contribution < -0.4 is 4.72 Å². The zero-order valence-electron chi connectivity index (χ0n) is 14.2. The predicted molar refractivity (Wildman–Crippen MR) is 101 cm³/mol. The summed E-state index contributed by atoms with van der Waals surface area (Å²) in [5.74, 6) is -0.667. The molecule has 1 aromatic carbocycles. The first-order valence-corrected chi connectivity index (χ1v) is 10.4. The summed E-state index contributed by atoms with van der Waals surface area (Å²) < 4.78 is 41.8. The van der Waals surface area contributed by atoms with Crippen molar-refractivity contribution in [3.8, 4) is 22.0 Å². The molecule has 0 fully saturated rings. The van der Waals surface area contributed by atoms with Crippen LogP contribution in [-0.4, -0.2) is 34.0 Å². The summed E-state index contributed by atoms with van der Waals surface area (Å²) in [6, 6.07) is 10.8. The van der Waals surface area contributed by atoms with E-state index < -0.39 is 15.8 Å². The van der Waals surface area contributed by atoms with Crippen LogP contribution >= 0.6 is 11.3 Å². The standard InChI is InChI=1S/C17H13FN6O2S2/c18-14-4-3-12(9-13(14)17-21-23-24-22-17)28(25,26)20-10-11-5-6-19-15(8-11)16-2-1-7-27-16/h1-9,20H,10H2,(H,21,22,23,24). The molecule has 0 saturated carbocycles. The molecule has 0 saturated heterocycles. The molecule has 11 heteroatoms. The molecule has 4 rings (SSSR count). The van der Waals surface area contributed by atoms with E-state index in [0.29, 0.717) is 0 Å². The quantitative estimate of drug-likeness (QED) is 0.499. The number of hydrogen-bond donors (Lipinski definition) is 2. The fraction of sp³-hybridized carbons (Fsp3) is 0.0588. The van der Waals surface area contributed by atoms with Gasteiger partial charge in [0.25, 0.3) is 0 Å². The van der Waals surface area contributed by atoms with E-state index in [-0.39, 0.29) is 22.8 Å². The minimum atomic E-state index is -3.88. The molecule has 0 aliphatic carbocycles. The minimum Gasteiger partial charge on any atom is -0.255 e. The van der Waals surface area contributed by atoms with Crippen molar-refractivity contribution in [1.82, 2.24) is 30.3 Å². The number of tetrazole rings is 1. The van der Waals surface area contributed by atoms with Gasteiger partial charge in [0.15, 0.2) is 0 Å². The van der Waals surface area contributed by atoms with Crippen LogP contribution in [0.25, 0.3) is 22.0 Å². The van der Waals surface area contributed by atoms with Gasteiger partial charge in [-0.05, 0) is 52.6 Å². The fourth-order valence-electron chi connectivity index (χ4n) is 2.52. The highest BCUT2D eigenvalue weighted by atomic mass is 32.2. The number of nitrogens with zero attached hydrogens (tertiary/aromatic N) is 4. The first-order valence-electron chi connectivity index (χ1n) is 8.05. The molecular weight excluding hydrogens is 403 g/mol. The number of aromatic nitrogens is 5. The van der Waals surface area contributed by atoms with Crippen molar-refractivity contribution in [2.75, 3.05) is 0 Å². The lowest BCUT2D eigenvalue weighted by Crippen LogP contribution is -2.23. The summed E-state index contributed by atoms with van der Waals surface area (Å²) in [4.78, 5) is 5.20. The third kappa shape index (κ3) is 3.81. The molecule has 4 aromatic rings. The first kappa shape index (κ1) is 18.3. The van der Waals surface area contributed by atoms with Gasteiger partial charge in [0.2, 0.25) is 15.8 Å². The van der Waals surface area contributed by atoms with Gasteiger partial charge in [-0.15, -0.1) is 21.5 Å². The van der Waals surface area contributed by atoms with Crippen LogP contribution in [-0.2, 0) is 16.6 Å². The molecule has 8 nitrogen and oxygen atoms in total. The summed E-state index contributed by atoms with van der Waals surface area (Å²) in [7, 11) is -3.88. The second-order valence-corrected chi connectivity index (χ2v) is 8.44. The van der Waals surface area contributed by atoms with Gasteiger partial charge in [-0.25, -0.2) is 17.5 Å². The van der Waals surface area contributed by atoms with Gasteiger partial charge in [-0.3, -0.25) is 4.98 Å². The zero-order chi connectivity index (χ0) is 19.6. The topological polar surface area (TPSA) is 114 Å². The Labute approximate surface area is 163 Å². The number of benzene rings is 1. The maximum absolute atomic E-state index is 14.0.